The molecular weight excluding hydrogens is 556 g/mol. The Morgan fingerprint density at radius 2 is 1.54 bits per heavy atom. The number of likely N-dealkylation sites (tertiary alicyclic amines) is 1. The summed E-state index contributed by atoms with van der Waals surface area (Å²) in [5, 5.41) is 0.579. The molecule has 1 fully saturated rings. The highest BCUT2D eigenvalue weighted by atomic mass is 35.5. The number of anilines is 1. The molecule has 0 bridgehead atoms. The maximum atomic E-state index is 13.7. The summed E-state index contributed by atoms with van der Waals surface area (Å²) in [5.74, 6) is 1.19. The number of amides is 1. The van der Waals surface area contributed by atoms with E-state index >= 15 is 0 Å². The minimum absolute atomic E-state index is 0.0604. The van der Waals surface area contributed by atoms with Gasteiger partial charge in [0.1, 0.15) is 5.82 Å². The number of sulfonamides is 1. The summed E-state index contributed by atoms with van der Waals surface area (Å²) in [6.45, 7) is 1.39. The third kappa shape index (κ3) is 5.71. The molecule has 208 valence electrons. The van der Waals surface area contributed by atoms with Gasteiger partial charge in [-0.05, 0) is 79.1 Å². The number of aromatic nitrogens is 2. The predicted molar refractivity (Wildman–Crippen MR) is 162 cm³/mol. The second-order valence-corrected chi connectivity index (χ2v) is 12.5. The molecule has 1 aliphatic heterocycles. The summed E-state index contributed by atoms with van der Waals surface area (Å²) in [4.78, 5) is 23.6. The van der Waals surface area contributed by atoms with Crippen molar-refractivity contribution >= 4 is 44.3 Å². The number of aromatic amines is 1. The van der Waals surface area contributed by atoms with Gasteiger partial charge in [-0.2, -0.15) is 0 Å². The minimum atomic E-state index is -3.86. The maximum absolute atomic E-state index is 13.7. The molecule has 0 aliphatic carbocycles. The molecule has 0 unspecified atom stereocenters. The highest BCUT2D eigenvalue weighted by molar-refractivity contribution is 7.92. The van der Waals surface area contributed by atoms with Gasteiger partial charge in [0.05, 0.1) is 28.2 Å². The van der Waals surface area contributed by atoms with E-state index in [0.29, 0.717) is 29.4 Å². The Morgan fingerprint density at radius 1 is 0.878 bits per heavy atom. The molecule has 2 heterocycles. The van der Waals surface area contributed by atoms with Crippen LogP contribution in [0.25, 0.3) is 11.0 Å². The van der Waals surface area contributed by atoms with Crippen molar-refractivity contribution in [2.24, 2.45) is 0 Å². The first kappa shape index (κ1) is 27.1. The quantitative estimate of drug-likeness (QED) is 0.233. The molecule has 4 aromatic carbocycles. The van der Waals surface area contributed by atoms with E-state index in [2.05, 4.69) is 4.98 Å². The van der Waals surface area contributed by atoms with E-state index in [0.717, 1.165) is 35.3 Å². The summed E-state index contributed by atoms with van der Waals surface area (Å²) in [7, 11) is -3.86. The summed E-state index contributed by atoms with van der Waals surface area (Å²) in [5.41, 5.74) is 3.78. The number of carbonyl (C=O) groups is 1. The van der Waals surface area contributed by atoms with Crippen LogP contribution in [-0.2, 0) is 16.6 Å². The minimum Gasteiger partial charge on any atom is -0.342 e. The smallest absolute Gasteiger partial charge is 0.264 e. The first-order valence-corrected chi connectivity index (χ1v) is 15.4. The maximum Gasteiger partial charge on any atom is 0.264 e. The van der Waals surface area contributed by atoms with Crippen LogP contribution in [0.3, 0.4) is 0 Å². The molecule has 1 aromatic heterocycles. The normalized spacial score (nSPS) is 14.3. The number of nitrogens with one attached hydrogen (secondary N) is 1. The van der Waals surface area contributed by atoms with Gasteiger partial charge in [-0.25, -0.2) is 13.4 Å². The number of nitrogens with zero attached hydrogens (tertiary/aromatic N) is 3. The van der Waals surface area contributed by atoms with Crippen molar-refractivity contribution in [2.75, 3.05) is 17.4 Å². The highest BCUT2D eigenvalue weighted by Crippen LogP contribution is 2.30. The van der Waals surface area contributed by atoms with Crippen molar-refractivity contribution in [3.63, 3.8) is 0 Å². The van der Waals surface area contributed by atoms with Crippen LogP contribution in [0.4, 0.5) is 5.69 Å². The van der Waals surface area contributed by atoms with E-state index in [-0.39, 0.29) is 23.3 Å². The van der Waals surface area contributed by atoms with Crippen molar-refractivity contribution in [3.8, 4) is 0 Å². The average molecular weight is 585 g/mol. The number of carbonyl (C=O) groups excluding carboxylic acids is 1. The van der Waals surface area contributed by atoms with E-state index in [1.807, 2.05) is 41.3 Å². The Balaban J connectivity index is 1.19. The number of halogens is 1. The lowest BCUT2D eigenvalue weighted by molar-refractivity contribution is 0.0711. The molecule has 0 spiro atoms. The van der Waals surface area contributed by atoms with Crippen molar-refractivity contribution in [2.45, 2.75) is 30.2 Å². The van der Waals surface area contributed by atoms with Gasteiger partial charge in [0.15, 0.2) is 0 Å². The van der Waals surface area contributed by atoms with Gasteiger partial charge < -0.3 is 9.88 Å². The van der Waals surface area contributed by atoms with Crippen LogP contribution in [0.2, 0.25) is 5.02 Å². The summed E-state index contributed by atoms with van der Waals surface area (Å²) >= 11 is 6.05. The zero-order valence-electron chi connectivity index (χ0n) is 22.3. The number of fused-ring (bicyclic) bond motifs is 1. The highest BCUT2D eigenvalue weighted by Gasteiger charge is 2.28. The SMILES string of the molecule is O=C(c1ccc(N(Cc2ccc(Cl)cc2)S(=O)(=O)c2ccccc2)cc1)N1CCC(c2nc3ccccc3[nH]2)CC1. The zero-order chi connectivity index (χ0) is 28.4. The van der Waals surface area contributed by atoms with Gasteiger partial charge in [-0.3, -0.25) is 9.10 Å². The molecule has 9 heteroatoms. The first-order valence-electron chi connectivity index (χ1n) is 13.5. The number of imidazole rings is 1. The lowest BCUT2D eigenvalue weighted by atomic mass is 9.95. The third-order valence-corrected chi connectivity index (χ3v) is 9.59. The lowest BCUT2D eigenvalue weighted by Crippen LogP contribution is -2.38. The molecule has 1 saturated heterocycles. The van der Waals surface area contributed by atoms with Crippen LogP contribution in [0, 0.1) is 0 Å². The first-order chi connectivity index (χ1) is 19.9. The second kappa shape index (κ2) is 11.4. The van der Waals surface area contributed by atoms with Crippen molar-refractivity contribution in [1.29, 1.82) is 0 Å². The Morgan fingerprint density at radius 3 is 2.22 bits per heavy atom. The van der Waals surface area contributed by atoms with Crippen molar-refractivity contribution < 1.29 is 13.2 Å². The Hall–Kier alpha value is -4.14. The summed E-state index contributed by atoms with van der Waals surface area (Å²) in [6.07, 6.45) is 1.65. The number of rotatable bonds is 7. The number of piperidine rings is 1. The standard InChI is InChI=1S/C32H29ClN4O3S/c33-26-14-10-23(11-15-26)22-37(41(39,40)28-6-2-1-3-7-28)27-16-12-25(13-17-27)32(38)36-20-18-24(19-21-36)31-34-29-8-4-5-9-30(29)35-31/h1-17,24H,18-22H2,(H,34,35). The van der Waals surface area contributed by atoms with Crippen molar-refractivity contribution in [3.05, 3.63) is 125 Å². The average Bonchev–Trinajstić information content (AvgIpc) is 3.45. The van der Waals surface area contributed by atoms with Crippen LogP contribution in [0.15, 0.2) is 108 Å². The van der Waals surface area contributed by atoms with Gasteiger partial charge in [0.25, 0.3) is 15.9 Å². The van der Waals surface area contributed by atoms with Crippen LogP contribution in [0.1, 0.15) is 40.5 Å². The predicted octanol–water partition coefficient (Wildman–Crippen LogP) is 6.63. The second-order valence-electron chi connectivity index (χ2n) is 10.2. The number of H-pyrrole nitrogens is 1. The Bertz CT molecular complexity index is 1730. The summed E-state index contributed by atoms with van der Waals surface area (Å²) in [6, 6.07) is 30.2. The fourth-order valence-corrected chi connectivity index (χ4v) is 6.86. The topological polar surface area (TPSA) is 86.4 Å². The number of hydrogen-bond donors (Lipinski definition) is 1. The van der Waals surface area contributed by atoms with E-state index < -0.39 is 10.0 Å². The zero-order valence-corrected chi connectivity index (χ0v) is 23.9. The van der Waals surface area contributed by atoms with Gasteiger partial charge in [0, 0.05) is 29.6 Å². The number of benzene rings is 4. The summed E-state index contributed by atoms with van der Waals surface area (Å²) < 4.78 is 28.7. The Kier molecular flexibility index (Phi) is 7.51. The monoisotopic (exact) mass is 584 g/mol. The van der Waals surface area contributed by atoms with Gasteiger partial charge in [-0.15, -0.1) is 0 Å². The molecule has 1 amide bonds. The van der Waals surface area contributed by atoms with Crippen LogP contribution < -0.4 is 4.31 Å². The van der Waals surface area contributed by atoms with Crippen molar-refractivity contribution in [1.82, 2.24) is 14.9 Å². The number of para-hydroxylation sites is 2. The molecule has 1 N–H and O–H groups in total. The van der Waals surface area contributed by atoms with Gasteiger partial charge >= 0.3 is 0 Å². The molecule has 1 aliphatic rings. The number of hydrogen-bond acceptors (Lipinski definition) is 4. The van der Waals surface area contributed by atoms with Crippen LogP contribution in [-0.4, -0.2) is 42.3 Å². The van der Waals surface area contributed by atoms with E-state index in [9.17, 15) is 13.2 Å². The van der Waals surface area contributed by atoms with E-state index in [1.54, 1.807) is 66.7 Å². The molecule has 41 heavy (non-hydrogen) atoms. The molecule has 6 rings (SSSR count). The third-order valence-electron chi connectivity index (χ3n) is 7.55. The molecule has 0 atom stereocenters. The molecule has 5 aromatic rings. The lowest BCUT2D eigenvalue weighted by Gasteiger charge is -2.31. The molecule has 0 radical (unpaired) electrons. The largest absolute Gasteiger partial charge is 0.342 e. The van der Waals surface area contributed by atoms with Crippen LogP contribution in [0.5, 0.6) is 0 Å². The van der Waals surface area contributed by atoms with E-state index in [4.69, 9.17) is 16.6 Å². The molecule has 7 nitrogen and oxygen atoms in total. The van der Waals surface area contributed by atoms with Gasteiger partial charge in [0.2, 0.25) is 0 Å². The van der Waals surface area contributed by atoms with E-state index in [1.165, 1.54) is 4.31 Å². The fourth-order valence-electron chi connectivity index (χ4n) is 5.27. The Labute approximate surface area is 244 Å². The molecule has 0 saturated carbocycles. The fraction of sp³-hybridized carbons (Fsp3) is 0.188. The molecular formula is C32H29ClN4O3S. The van der Waals surface area contributed by atoms with Gasteiger partial charge in [-0.1, -0.05) is 54.1 Å². The van der Waals surface area contributed by atoms with Crippen LogP contribution >= 0.6 is 11.6 Å².